The van der Waals surface area contributed by atoms with E-state index in [9.17, 15) is 33.9 Å². The molecule has 1 saturated heterocycles. The monoisotopic (exact) mass is 381 g/mol. The number of benzene rings is 1. The summed E-state index contributed by atoms with van der Waals surface area (Å²) in [7, 11) is -4.81. The number of ether oxygens (including phenoxy) is 2. The average Bonchev–Trinajstić information content (AvgIpc) is 2.54. The van der Waals surface area contributed by atoms with Gasteiger partial charge < -0.3 is 24.8 Å². The fraction of sp³-hybridized carbons (Fsp3) is 0.500. The summed E-state index contributed by atoms with van der Waals surface area (Å²) in [5.41, 5.74) is -0.202. The van der Waals surface area contributed by atoms with E-state index in [1.165, 1.54) is 12.1 Å². The second kappa shape index (κ2) is 7.57. The van der Waals surface area contributed by atoms with Crippen LogP contribution in [0, 0.1) is 10.1 Å². The SMILES string of the molecule is O=[N+]([O-])c1ccc(O[C@@H]2O[C@H](COS(=O)(=O)O)[C@@H](O)[C@H](O)[C@H]2O)cc1. The Bertz CT molecular complexity index is 706. The lowest BCUT2D eigenvalue weighted by atomic mass is 9.99. The molecule has 1 aromatic carbocycles. The molecular formula is C12H15NO11S. The van der Waals surface area contributed by atoms with Gasteiger partial charge >= 0.3 is 10.4 Å². The number of hydrogen-bond acceptors (Lipinski definition) is 10. The molecule has 0 spiro atoms. The van der Waals surface area contributed by atoms with Crippen molar-refractivity contribution in [2.75, 3.05) is 6.61 Å². The third-order valence-electron chi connectivity index (χ3n) is 3.35. The summed E-state index contributed by atoms with van der Waals surface area (Å²) in [4.78, 5) is 9.96. The van der Waals surface area contributed by atoms with Gasteiger partial charge in [0.15, 0.2) is 0 Å². The molecule has 0 radical (unpaired) electrons. The second-order valence-corrected chi connectivity index (χ2v) is 6.19. The first-order chi connectivity index (χ1) is 11.6. The molecule has 0 aliphatic carbocycles. The van der Waals surface area contributed by atoms with E-state index in [-0.39, 0.29) is 11.4 Å². The molecule has 1 aliphatic heterocycles. The summed E-state index contributed by atoms with van der Waals surface area (Å²) in [5, 5.41) is 40.0. The molecule has 5 atom stereocenters. The van der Waals surface area contributed by atoms with Crippen molar-refractivity contribution in [3.8, 4) is 5.75 Å². The van der Waals surface area contributed by atoms with Crippen LogP contribution >= 0.6 is 0 Å². The first-order valence-electron chi connectivity index (χ1n) is 6.81. The van der Waals surface area contributed by atoms with Crippen molar-refractivity contribution in [3.05, 3.63) is 34.4 Å². The van der Waals surface area contributed by atoms with Gasteiger partial charge in [-0.3, -0.25) is 14.7 Å². The highest BCUT2D eigenvalue weighted by Crippen LogP contribution is 2.26. The number of non-ortho nitro benzene ring substituents is 1. The summed E-state index contributed by atoms with van der Waals surface area (Å²) in [6.45, 7) is -0.843. The lowest BCUT2D eigenvalue weighted by Gasteiger charge is -2.39. The normalized spacial score (nSPS) is 30.0. The fourth-order valence-electron chi connectivity index (χ4n) is 2.09. The molecule has 1 aliphatic rings. The van der Waals surface area contributed by atoms with Crippen LogP contribution in [0.1, 0.15) is 0 Å². The highest BCUT2D eigenvalue weighted by Gasteiger charge is 2.45. The molecule has 2 rings (SSSR count). The molecule has 4 N–H and O–H groups in total. The van der Waals surface area contributed by atoms with Gasteiger partial charge in [-0.2, -0.15) is 8.42 Å². The van der Waals surface area contributed by atoms with Crippen molar-refractivity contribution in [2.24, 2.45) is 0 Å². The summed E-state index contributed by atoms with van der Waals surface area (Å²) in [6, 6.07) is 4.70. The lowest BCUT2D eigenvalue weighted by molar-refractivity contribution is -0.384. The van der Waals surface area contributed by atoms with Crippen LogP contribution in [0.4, 0.5) is 5.69 Å². The van der Waals surface area contributed by atoms with E-state index in [1.807, 2.05) is 0 Å². The van der Waals surface area contributed by atoms with Crippen LogP contribution in [-0.2, 0) is 19.3 Å². The predicted octanol–water partition coefficient (Wildman–Crippen LogP) is -1.40. The quantitative estimate of drug-likeness (QED) is 0.258. The minimum absolute atomic E-state index is 0.0488. The molecular weight excluding hydrogens is 366 g/mol. The van der Waals surface area contributed by atoms with E-state index in [1.54, 1.807) is 0 Å². The van der Waals surface area contributed by atoms with Gasteiger partial charge in [-0.05, 0) is 12.1 Å². The van der Waals surface area contributed by atoms with Crippen LogP contribution < -0.4 is 4.74 Å². The highest BCUT2D eigenvalue weighted by atomic mass is 32.3. The maximum Gasteiger partial charge on any atom is 0.397 e. The number of hydrogen-bond donors (Lipinski definition) is 4. The second-order valence-electron chi connectivity index (χ2n) is 5.10. The molecule has 0 aromatic heterocycles. The van der Waals surface area contributed by atoms with Gasteiger partial charge in [0.1, 0.15) is 30.2 Å². The minimum atomic E-state index is -4.81. The maximum absolute atomic E-state index is 10.6. The number of rotatable bonds is 6. The molecule has 1 aromatic rings. The topological polar surface area (TPSA) is 186 Å². The van der Waals surface area contributed by atoms with Gasteiger partial charge in [0, 0.05) is 12.1 Å². The number of nitro groups is 1. The largest absolute Gasteiger partial charge is 0.462 e. The van der Waals surface area contributed by atoms with Crippen LogP contribution in [0.2, 0.25) is 0 Å². The Kier molecular flexibility index (Phi) is 5.89. The van der Waals surface area contributed by atoms with Gasteiger partial charge in [0.05, 0.1) is 11.5 Å². The number of nitro benzene ring substituents is 1. The Morgan fingerprint density at radius 1 is 1.12 bits per heavy atom. The number of aliphatic hydroxyl groups is 3. The molecule has 0 amide bonds. The van der Waals surface area contributed by atoms with Crippen LogP contribution in [0.15, 0.2) is 24.3 Å². The summed E-state index contributed by atoms with van der Waals surface area (Å²) in [5.74, 6) is 0.0488. The summed E-state index contributed by atoms with van der Waals surface area (Å²) in [6.07, 6.45) is -8.15. The van der Waals surface area contributed by atoms with E-state index in [0.29, 0.717) is 0 Å². The maximum atomic E-state index is 10.6. The van der Waals surface area contributed by atoms with Crippen LogP contribution in [-0.4, -0.2) is 70.5 Å². The third kappa shape index (κ3) is 5.05. The van der Waals surface area contributed by atoms with Crippen molar-refractivity contribution in [1.82, 2.24) is 0 Å². The van der Waals surface area contributed by atoms with E-state index < -0.39 is 52.6 Å². The van der Waals surface area contributed by atoms with Gasteiger partial charge in [-0.15, -0.1) is 0 Å². The predicted molar refractivity (Wildman–Crippen MR) is 77.9 cm³/mol. The third-order valence-corrected chi connectivity index (χ3v) is 3.78. The first-order valence-corrected chi connectivity index (χ1v) is 8.17. The van der Waals surface area contributed by atoms with Gasteiger partial charge in [0.2, 0.25) is 6.29 Å². The zero-order valence-corrected chi connectivity index (χ0v) is 13.2. The van der Waals surface area contributed by atoms with Crippen molar-refractivity contribution in [1.29, 1.82) is 0 Å². The molecule has 12 nitrogen and oxygen atoms in total. The van der Waals surface area contributed by atoms with Gasteiger partial charge in [-0.1, -0.05) is 0 Å². The average molecular weight is 381 g/mol. The minimum Gasteiger partial charge on any atom is -0.462 e. The van der Waals surface area contributed by atoms with Crippen molar-refractivity contribution in [2.45, 2.75) is 30.7 Å². The van der Waals surface area contributed by atoms with Crippen molar-refractivity contribution in [3.63, 3.8) is 0 Å². The van der Waals surface area contributed by atoms with E-state index >= 15 is 0 Å². The number of nitrogens with zero attached hydrogens (tertiary/aromatic N) is 1. The smallest absolute Gasteiger partial charge is 0.397 e. The standard InChI is InChI=1S/C12H15NO11S/c14-9-8(5-22-25(19,20)21)24-12(11(16)10(9)15)23-7-3-1-6(2-4-7)13(17)18/h1-4,8-12,14-16H,5H2,(H,19,20,21)/t8-,9-,10+,11-,12-/m1/s1. The zero-order valence-electron chi connectivity index (χ0n) is 12.4. The molecule has 1 fully saturated rings. The van der Waals surface area contributed by atoms with Gasteiger partial charge in [-0.25, -0.2) is 4.18 Å². The molecule has 0 bridgehead atoms. The molecule has 25 heavy (non-hydrogen) atoms. The van der Waals surface area contributed by atoms with E-state index in [2.05, 4.69) is 4.18 Å². The Labute approximate surface area is 141 Å². The Hall–Kier alpha value is -1.87. The molecule has 13 heteroatoms. The van der Waals surface area contributed by atoms with Crippen molar-refractivity contribution < 1.29 is 46.9 Å². The summed E-state index contributed by atoms with van der Waals surface area (Å²) >= 11 is 0. The van der Waals surface area contributed by atoms with Gasteiger partial charge in [0.25, 0.3) is 5.69 Å². The molecule has 140 valence electrons. The van der Waals surface area contributed by atoms with Crippen LogP contribution in [0.5, 0.6) is 5.75 Å². The Morgan fingerprint density at radius 2 is 1.72 bits per heavy atom. The lowest BCUT2D eigenvalue weighted by Crippen LogP contribution is -2.60. The van der Waals surface area contributed by atoms with E-state index in [4.69, 9.17) is 14.0 Å². The molecule has 0 unspecified atom stereocenters. The number of aliphatic hydroxyl groups excluding tert-OH is 3. The fourth-order valence-corrected chi connectivity index (χ4v) is 2.39. The molecule has 0 saturated carbocycles. The first kappa shape index (κ1) is 19.5. The summed E-state index contributed by atoms with van der Waals surface area (Å²) < 4.78 is 44.2. The zero-order chi connectivity index (χ0) is 18.8. The van der Waals surface area contributed by atoms with Crippen LogP contribution in [0.25, 0.3) is 0 Å². The van der Waals surface area contributed by atoms with Crippen molar-refractivity contribution >= 4 is 16.1 Å². The Balaban J connectivity index is 2.08. The molecule has 1 heterocycles. The highest BCUT2D eigenvalue weighted by molar-refractivity contribution is 7.80. The Morgan fingerprint density at radius 3 is 2.24 bits per heavy atom. The van der Waals surface area contributed by atoms with E-state index in [0.717, 1.165) is 12.1 Å². The van der Waals surface area contributed by atoms with Crippen LogP contribution in [0.3, 0.4) is 0 Å².